The summed E-state index contributed by atoms with van der Waals surface area (Å²) in [4.78, 5) is 72.4. The minimum Gasteiger partial charge on any atom is -0.462 e. The maximum atomic E-state index is 13.0. The van der Waals surface area contributed by atoms with Gasteiger partial charge in [0.25, 0.3) is 0 Å². The van der Waals surface area contributed by atoms with Crippen LogP contribution in [0.15, 0.2) is 24.3 Å². The molecule has 0 aliphatic carbocycles. The lowest BCUT2D eigenvalue weighted by Crippen LogP contribution is -2.30. The van der Waals surface area contributed by atoms with Gasteiger partial charge in [0.05, 0.1) is 26.4 Å². The molecule has 0 amide bonds. The standard InChI is InChI=1S/C73H138O17P2/c1-5-9-13-17-20-23-26-29-32-33-36-39-42-45-48-52-56-60-73(78)90-69(64-84-71(76)58-54-50-46-43-40-37-34-30-27-24-21-18-14-10-6-2)66-88-92(81,82)86-62-67(74)61-85-91(79,80)87-65-68(63-83-70(75)57-53-49-16-12-8-4)89-72(77)59-55-51-47-44-41-38-35-31-28-25-22-19-15-11-7-3/h24,27,30,34,67-69,74H,5-23,25-26,28-29,31-33,35-66H2,1-4H3,(H,79,80)(H,81,82)/b27-24-,34-30-/t67-,68+,69+/m0/s1. The number of phosphoric ester groups is 2. The fourth-order valence-corrected chi connectivity index (χ4v) is 12.3. The number of esters is 4. The van der Waals surface area contributed by atoms with Crippen molar-refractivity contribution in [2.24, 2.45) is 0 Å². The average Bonchev–Trinajstić information content (AvgIpc) is 2.90. The van der Waals surface area contributed by atoms with Crippen LogP contribution in [0.25, 0.3) is 0 Å². The van der Waals surface area contributed by atoms with Gasteiger partial charge in [0.15, 0.2) is 12.2 Å². The Labute approximate surface area is 561 Å². The molecule has 0 aliphatic rings. The second kappa shape index (κ2) is 67.1. The van der Waals surface area contributed by atoms with E-state index >= 15 is 0 Å². The first-order valence-electron chi connectivity index (χ1n) is 37.6. The van der Waals surface area contributed by atoms with Crippen molar-refractivity contribution in [2.45, 2.75) is 380 Å². The van der Waals surface area contributed by atoms with Crippen molar-refractivity contribution < 1.29 is 80.2 Å². The number of hydrogen-bond acceptors (Lipinski definition) is 15. The second-order valence-corrected chi connectivity index (χ2v) is 28.6. The summed E-state index contributed by atoms with van der Waals surface area (Å²) < 4.78 is 68.2. The van der Waals surface area contributed by atoms with Gasteiger partial charge in [-0.1, -0.05) is 309 Å². The van der Waals surface area contributed by atoms with Crippen LogP contribution in [0.5, 0.6) is 0 Å². The van der Waals surface area contributed by atoms with Crippen molar-refractivity contribution in [3.8, 4) is 0 Å². The van der Waals surface area contributed by atoms with E-state index in [2.05, 4.69) is 52.0 Å². The van der Waals surface area contributed by atoms with Gasteiger partial charge >= 0.3 is 39.5 Å². The van der Waals surface area contributed by atoms with E-state index in [1.807, 2.05) is 0 Å². The summed E-state index contributed by atoms with van der Waals surface area (Å²) in [5.74, 6) is -2.16. The predicted octanol–water partition coefficient (Wildman–Crippen LogP) is 21.0. The first-order chi connectivity index (χ1) is 44.7. The van der Waals surface area contributed by atoms with Gasteiger partial charge < -0.3 is 33.8 Å². The molecule has 2 unspecified atom stereocenters. The number of phosphoric acid groups is 2. The molecule has 0 aromatic carbocycles. The van der Waals surface area contributed by atoms with Gasteiger partial charge in [-0.05, 0) is 51.4 Å². The van der Waals surface area contributed by atoms with Crippen LogP contribution in [0.4, 0.5) is 0 Å². The van der Waals surface area contributed by atoms with E-state index in [4.69, 9.17) is 37.0 Å². The molecule has 0 aliphatic heterocycles. The Morgan fingerprint density at radius 3 is 0.793 bits per heavy atom. The molecule has 0 rings (SSSR count). The van der Waals surface area contributed by atoms with E-state index in [0.29, 0.717) is 25.7 Å². The van der Waals surface area contributed by atoms with Gasteiger partial charge in [0, 0.05) is 25.7 Å². The number of aliphatic hydroxyl groups is 1. The highest BCUT2D eigenvalue weighted by atomic mass is 31.2. The fourth-order valence-electron chi connectivity index (χ4n) is 10.7. The predicted molar refractivity (Wildman–Crippen MR) is 372 cm³/mol. The monoisotopic (exact) mass is 1350 g/mol. The third kappa shape index (κ3) is 66.2. The van der Waals surface area contributed by atoms with E-state index < -0.39 is 97.5 Å². The number of hydrogen-bond donors (Lipinski definition) is 3. The Kier molecular flexibility index (Phi) is 65.3. The molecule has 0 spiro atoms. The third-order valence-electron chi connectivity index (χ3n) is 16.5. The molecule has 19 heteroatoms. The molecule has 0 heterocycles. The van der Waals surface area contributed by atoms with Gasteiger partial charge in [0.1, 0.15) is 19.3 Å². The van der Waals surface area contributed by atoms with Crippen LogP contribution in [0.1, 0.15) is 362 Å². The molecule has 17 nitrogen and oxygen atoms in total. The van der Waals surface area contributed by atoms with Crippen molar-refractivity contribution in [3.05, 3.63) is 24.3 Å². The highest BCUT2D eigenvalue weighted by Crippen LogP contribution is 2.45. The summed E-state index contributed by atoms with van der Waals surface area (Å²) in [6, 6.07) is 0. The molecule has 0 saturated carbocycles. The lowest BCUT2D eigenvalue weighted by Gasteiger charge is -2.21. The van der Waals surface area contributed by atoms with Gasteiger partial charge in [-0.2, -0.15) is 0 Å². The summed E-state index contributed by atoms with van der Waals surface area (Å²) in [6.45, 7) is 4.82. The van der Waals surface area contributed by atoms with Crippen LogP contribution in [-0.4, -0.2) is 96.7 Å². The number of allylic oxidation sites excluding steroid dienone is 4. The van der Waals surface area contributed by atoms with Crippen LogP contribution in [-0.2, 0) is 65.4 Å². The molecule has 0 aromatic rings. The third-order valence-corrected chi connectivity index (χ3v) is 18.4. The van der Waals surface area contributed by atoms with Crippen molar-refractivity contribution in [1.82, 2.24) is 0 Å². The molecule has 542 valence electrons. The summed E-state index contributed by atoms with van der Waals surface area (Å²) in [7, 11) is -9.91. The first kappa shape index (κ1) is 89.5. The minimum atomic E-state index is -4.96. The van der Waals surface area contributed by atoms with Crippen molar-refractivity contribution in [1.29, 1.82) is 0 Å². The normalized spacial score (nSPS) is 14.1. The molecular weight excluding hydrogens is 1210 g/mol. The lowest BCUT2D eigenvalue weighted by atomic mass is 10.0. The van der Waals surface area contributed by atoms with Crippen LogP contribution in [0.2, 0.25) is 0 Å². The summed E-state index contributed by atoms with van der Waals surface area (Å²) >= 11 is 0. The highest BCUT2D eigenvalue weighted by Gasteiger charge is 2.30. The van der Waals surface area contributed by atoms with Crippen LogP contribution in [0, 0.1) is 0 Å². The Morgan fingerprint density at radius 2 is 0.522 bits per heavy atom. The van der Waals surface area contributed by atoms with E-state index in [0.717, 1.165) is 116 Å². The van der Waals surface area contributed by atoms with Crippen molar-refractivity contribution >= 4 is 39.5 Å². The van der Waals surface area contributed by atoms with E-state index in [1.165, 1.54) is 167 Å². The number of unbranched alkanes of at least 4 members (excludes halogenated alkanes) is 43. The van der Waals surface area contributed by atoms with Crippen molar-refractivity contribution in [2.75, 3.05) is 39.6 Å². The molecule has 5 atom stereocenters. The average molecular weight is 1350 g/mol. The molecule has 0 radical (unpaired) electrons. The number of carbonyl (C=O) groups is 4. The zero-order chi connectivity index (χ0) is 67.5. The minimum absolute atomic E-state index is 0.102. The number of carbonyl (C=O) groups excluding carboxylic acids is 4. The Bertz CT molecular complexity index is 1850. The van der Waals surface area contributed by atoms with Gasteiger partial charge in [-0.3, -0.25) is 37.3 Å². The highest BCUT2D eigenvalue weighted by molar-refractivity contribution is 7.47. The largest absolute Gasteiger partial charge is 0.472 e. The van der Waals surface area contributed by atoms with Crippen LogP contribution in [0.3, 0.4) is 0 Å². The molecule has 0 saturated heterocycles. The summed E-state index contributed by atoms with van der Waals surface area (Å²) in [5.41, 5.74) is 0. The van der Waals surface area contributed by atoms with Gasteiger partial charge in [0.2, 0.25) is 0 Å². The zero-order valence-electron chi connectivity index (χ0n) is 59.0. The summed E-state index contributed by atoms with van der Waals surface area (Å²) in [5, 5.41) is 10.6. The molecular formula is C73H138O17P2. The van der Waals surface area contributed by atoms with Crippen LogP contribution < -0.4 is 0 Å². The second-order valence-electron chi connectivity index (χ2n) is 25.6. The Hall–Kier alpha value is -2.46. The van der Waals surface area contributed by atoms with E-state index in [9.17, 15) is 43.2 Å². The smallest absolute Gasteiger partial charge is 0.462 e. The Morgan fingerprint density at radius 1 is 0.304 bits per heavy atom. The maximum Gasteiger partial charge on any atom is 0.472 e. The molecule has 0 fully saturated rings. The molecule has 92 heavy (non-hydrogen) atoms. The summed E-state index contributed by atoms with van der Waals surface area (Å²) in [6.07, 6.45) is 59.4. The van der Waals surface area contributed by atoms with Gasteiger partial charge in [-0.25, -0.2) is 9.13 Å². The quantitative estimate of drug-likeness (QED) is 0.0169. The Balaban J connectivity index is 5.18. The molecule has 3 N–H and O–H groups in total. The van der Waals surface area contributed by atoms with Crippen LogP contribution >= 0.6 is 15.6 Å². The fraction of sp³-hybridized carbons (Fsp3) is 0.890. The number of ether oxygens (including phenoxy) is 4. The van der Waals surface area contributed by atoms with E-state index in [-0.39, 0.29) is 25.7 Å². The first-order valence-corrected chi connectivity index (χ1v) is 40.6. The lowest BCUT2D eigenvalue weighted by molar-refractivity contribution is -0.161. The van der Waals surface area contributed by atoms with Crippen molar-refractivity contribution in [3.63, 3.8) is 0 Å². The topological polar surface area (TPSA) is 237 Å². The number of rotatable bonds is 72. The number of aliphatic hydroxyl groups excluding tert-OH is 1. The molecule has 0 aromatic heterocycles. The van der Waals surface area contributed by atoms with Gasteiger partial charge in [-0.15, -0.1) is 0 Å². The SMILES string of the molecule is CCCCCC/C=C\C=C/CCCCCCCC(=O)OC[C@H](COP(=O)(O)OC[C@@H](O)COP(=O)(O)OC[C@@H](COC(=O)CCCCCCC)OC(=O)CCCCCCCCCCCCCCCCC)OC(=O)CCCCCCCCCCCCCCCCCCC. The van der Waals surface area contributed by atoms with E-state index in [1.54, 1.807) is 0 Å². The zero-order valence-corrected chi connectivity index (χ0v) is 60.8. The molecule has 0 bridgehead atoms. The maximum absolute atomic E-state index is 13.0.